The van der Waals surface area contributed by atoms with Crippen LogP contribution in [0.2, 0.25) is 0 Å². The zero-order chi connectivity index (χ0) is 25.5. The van der Waals surface area contributed by atoms with Crippen LogP contribution in [-0.2, 0) is 24.1 Å². The fraction of sp³-hybridized carbons (Fsp3) is 0.533. The maximum atomic E-state index is 12.3. The lowest BCUT2D eigenvalue weighted by Crippen LogP contribution is -2.50. The second kappa shape index (κ2) is 12.7. The Morgan fingerprint density at radius 2 is 1.92 bits per heavy atom. The van der Waals surface area contributed by atoms with Gasteiger partial charge in [-0.3, -0.25) is 14.8 Å². The number of fused-ring (bicyclic) bond motifs is 2. The van der Waals surface area contributed by atoms with E-state index in [9.17, 15) is 9.90 Å². The molecule has 2 aliphatic heterocycles. The van der Waals surface area contributed by atoms with Gasteiger partial charge in [0, 0.05) is 45.6 Å². The molecule has 0 spiro atoms. The van der Waals surface area contributed by atoms with Gasteiger partial charge in [0.1, 0.15) is 0 Å². The summed E-state index contributed by atoms with van der Waals surface area (Å²) < 4.78 is 5.47. The number of hydrogen-bond acceptors (Lipinski definition) is 5. The predicted molar refractivity (Wildman–Crippen MR) is 145 cm³/mol. The first kappa shape index (κ1) is 25.9. The molecule has 1 aromatic carbocycles. The fourth-order valence-corrected chi connectivity index (χ4v) is 6.13. The van der Waals surface area contributed by atoms with Gasteiger partial charge in [-0.15, -0.1) is 0 Å². The van der Waals surface area contributed by atoms with Crippen LogP contribution < -0.4 is 5.32 Å². The molecule has 2 N–H and O–H groups in total. The van der Waals surface area contributed by atoms with Crippen LogP contribution in [0.1, 0.15) is 54.1 Å². The fourth-order valence-electron chi connectivity index (χ4n) is 6.13. The average molecular weight is 505 g/mol. The normalized spacial score (nSPS) is 22.2. The molecule has 0 bridgehead atoms. The second-order valence-electron chi connectivity index (χ2n) is 10.6. The number of amides is 1. The Bertz CT molecular complexity index is 1070. The smallest absolute Gasteiger partial charge is 0.407 e. The molecular weight excluding hydrogens is 464 g/mol. The molecule has 0 saturated carbocycles. The van der Waals surface area contributed by atoms with Crippen molar-refractivity contribution in [1.29, 1.82) is 0 Å². The molecule has 2 atom stereocenters. The Morgan fingerprint density at radius 1 is 1.11 bits per heavy atom. The maximum absolute atomic E-state index is 12.3. The minimum atomic E-state index is -0.838. The van der Waals surface area contributed by atoms with Gasteiger partial charge in [-0.05, 0) is 73.7 Å². The highest BCUT2D eigenvalue weighted by Crippen LogP contribution is 2.34. The van der Waals surface area contributed by atoms with E-state index < -0.39 is 6.09 Å². The van der Waals surface area contributed by atoms with Crippen LogP contribution in [-0.4, -0.2) is 71.4 Å². The van der Waals surface area contributed by atoms with Gasteiger partial charge in [0.05, 0.1) is 17.8 Å². The highest BCUT2D eigenvalue weighted by Gasteiger charge is 2.34. The van der Waals surface area contributed by atoms with Crippen molar-refractivity contribution in [2.45, 2.75) is 57.2 Å². The summed E-state index contributed by atoms with van der Waals surface area (Å²) in [7, 11) is 0. The van der Waals surface area contributed by atoms with E-state index in [1.807, 2.05) is 18.3 Å². The van der Waals surface area contributed by atoms with Crippen molar-refractivity contribution >= 4 is 6.09 Å². The van der Waals surface area contributed by atoms with Gasteiger partial charge in [0.2, 0.25) is 0 Å². The molecule has 3 aliphatic rings. The summed E-state index contributed by atoms with van der Waals surface area (Å²) in [6.45, 7) is 5.58. The number of nitrogens with zero attached hydrogens (tertiary/aromatic N) is 3. The van der Waals surface area contributed by atoms with Crippen LogP contribution in [0.5, 0.6) is 0 Å². The van der Waals surface area contributed by atoms with E-state index in [0.717, 1.165) is 82.6 Å². The van der Waals surface area contributed by atoms with Gasteiger partial charge in [0.25, 0.3) is 0 Å². The Balaban J connectivity index is 1.29. The number of carbonyl (C=O) groups is 1. The summed E-state index contributed by atoms with van der Waals surface area (Å²) in [6, 6.07) is 12.6. The number of aryl methyl sites for hydroxylation is 1. The number of hydrogen-bond donors (Lipinski definition) is 2. The quantitative estimate of drug-likeness (QED) is 0.388. The summed E-state index contributed by atoms with van der Waals surface area (Å²) in [5.74, 6) is 0.708. The largest absolute Gasteiger partial charge is 0.465 e. The Labute approximate surface area is 220 Å². The van der Waals surface area contributed by atoms with Crippen molar-refractivity contribution in [2.75, 3.05) is 39.4 Å². The maximum Gasteiger partial charge on any atom is 0.407 e. The van der Waals surface area contributed by atoms with E-state index in [0.29, 0.717) is 19.0 Å². The number of benzene rings is 1. The lowest BCUT2D eigenvalue weighted by Gasteiger charge is -2.41. The van der Waals surface area contributed by atoms with Crippen molar-refractivity contribution in [1.82, 2.24) is 20.1 Å². The molecule has 0 radical (unpaired) electrons. The molecule has 1 fully saturated rings. The van der Waals surface area contributed by atoms with E-state index in [1.165, 1.54) is 11.1 Å². The van der Waals surface area contributed by atoms with E-state index in [-0.39, 0.29) is 12.1 Å². The molecule has 37 heavy (non-hydrogen) atoms. The van der Waals surface area contributed by atoms with E-state index in [2.05, 4.69) is 46.6 Å². The van der Waals surface area contributed by atoms with Crippen molar-refractivity contribution in [3.05, 3.63) is 77.1 Å². The summed E-state index contributed by atoms with van der Waals surface area (Å²) in [4.78, 5) is 21.2. The van der Waals surface area contributed by atoms with E-state index in [4.69, 9.17) is 9.72 Å². The predicted octanol–water partition coefficient (Wildman–Crippen LogP) is 4.44. The number of nitrogens with one attached hydrogen (secondary N) is 1. The third-order valence-electron chi connectivity index (χ3n) is 8.20. The molecule has 1 amide bonds. The van der Waals surface area contributed by atoms with Crippen molar-refractivity contribution in [2.24, 2.45) is 5.92 Å². The molecule has 1 saturated heterocycles. The number of pyridine rings is 1. The van der Waals surface area contributed by atoms with Gasteiger partial charge in [-0.25, -0.2) is 4.79 Å². The molecule has 5 rings (SSSR count). The van der Waals surface area contributed by atoms with Crippen LogP contribution in [0.15, 0.2) is 54.7 Å². The van der Waals surface area contributed by atoms with Crippen molar-refractivity contribution in [3.63, 3.8) is 0 Å². The van der Waals surface area contributed by atoms with Crippen LogP contribution in [0.3, 0.4) is 0 Å². The molecular formula is C30H40N4O3. The SMILES string of the molecule is O=C(O)N1Cc2ccccc2C[C@@H]1CN(C/C=C/CNCC1CCOCC1)[C@H]1CCCc2cccnc21. The first-order valence-corrected chi connectivity index (χ1v) is 13.9. The summed E-state index contributed by atoms with van der Waals surface area (Å²) in [5.41, 5.74) is 4.88. The standard InChI is InChI=1S/C30H40N4O3/c35-30(36)34-21-26-8-2-1-7-25(26)19-27(34)22-33(28-11-5-9-24-10-6-15-32-29(24)28)16-4-3-14-31-20-23-12-17-37-18-13-23/h1-4,6-8,10,15,23,27-28,31H,5,9,11-14,16-22H2,(H,35,36)/b4-3+/t27-,28+/m1/s1. The van der Waals surface area contributed by atoms with Crippen LogP contribution in [0.4, 0.5) is 4.79 Å². The minimum absolute atomic E-state index is 0.0819. The first-order valence-electron chi connectivity index (χ1n) is 13.9. The average Bonchev–Trinajstić information content (AvgIpc) is 2.94. The summed E-state index contributed by atoms with van der Waals surface area (Å²) >= 11 is 0. The molecule has 1 aliphatic carbocycles. The molecule has 1 aromatic heterocycles. The van der Waals surface area contributed by atoms with Crippen LogP contribution in [0, 0.1) is 5.92 Å². The lowest BCUT2D eigenvalue weighted by atomic mass is 9.89. The number of aromatic nitrogens is 1. The van der Waals surface area contributed by atoms with Gasteiger partial charge in [-0.2, -0.15) is 0 Å². The minimum Gasteiger partial charge on any atom is -0.465 e. The van der Waals surface area contributed by atoms with Crippen molar-refractivity contribution in [3.8, 4) is 0 Å². The molecule has 7 heteroatoms. The Hall–Kier alpha value is -2.74. The van der Waals surface area contributed by atoms with Crippen molar-refractivity contribution < 1.29 is 14.6 Å². The number of ether oxygens (including phenoxy) is 1. The van der Waals surface area contributed by atoms with Gasteiger partial charge in [-0.1, -0.05) is 42.5 Å². The van der Waals surface area contributed by atoms with E-state index >= 15 is 0 Å². The Kier molecular flexibility index (Phi) is 8.87. The Morgan fingerprint density at radius 3 is 2.76 bits per heavy atom. The molecule has 7 nitrogen and oxygen atoms in total. The summed E-state index contributed by atoms with van der Waals surface area (Å²) in [6.07, 6.45) is 11.8. The third-order valence-corrected chi connectivity index (χ3v) is 8.20. The monoisotopic (exact) mass is 504 g/mol. The highest BCUT2D eigenvalue weighted by molar-refractivity contribution is 5.66. The molecule has 3 heterocycles. The zero-order valence-electron chi connectivity index (χ0n) is 21.7. The van der Waals surface area contributed by atoms with Crippen LogP contribution >= 0.6 is 0 Å². The highest BCUT2D eigenvalue weighted by atomic mass is 16.5. The van der Waals surface area contributed by atoms with Gasteiger partial charge >= 0.3 is 6.09 Å². The topological polar surface area (TPSA) is 77.9 Å². The molecule has 2 aromatic rings. The molecule has 0 unspecified atom stereocenters. The lowest BCUT2D eigenvalue weighted by molar-refractivity contribution is 0.0666. The molecule has 198 valence electrons. The number of carboxylic acid groups (broad SMARTS) is 1. The van der Waals surface area contributed by atoms with E-state index in [1.54, 1.807) is 4.90 Å². The second-order valence-corrected chi connectivity index (χ2v) is 10.6. The first-order chi connectivity index (χ1) is 18.2. The summed E-state index contributed by atoms with van der Waals surface area (Å²) in [5, 5.41) is 13.6. The van der Waals surface area contributed by atoms with Gasteiger partial charge in [0.15, 0.2) is 0 Å². The van der Waals surface area contributed by atoms with Gasteiger partial charge < -0.3 is 15.2 Å². The van der Waals surface area contributed by atoms with Crippen LogP contribution in [0.25, 0.3) is 0 Å². The third kappa shape index (κ3) is 6.58. The zero-order valence-corrected chi connectivity index (χ0v) is 21.7. The number of rotatable bonds is 9.